The summed E-state index contributed by atoms with van der Waals surface area (Å²) in [6, 6.07) is 6.80. The van der Waals surface area contributed by atoms with E-state index in [1.165, 1.54) is 36.9 Å². The van der Waals surface area contributed by atoms with Gasteiger partial charge in [0.05, 0.1) is 18.4 Å². The molecular formula is C20H18N6O3S. The van der Waals surface area contributed by atoms with Crippen LogP contribution in [-0.4, -0.2) is 44.1 Å². The van der Waals surface area contributed by atoms with Crippen LogP contribution in [0.1, 0.15) is 38.3 Å². The van der Waals surface area contributed by atoms with Crippen molar-refractivity contribution in [3.05, 3.63) is 64.7 Å². The fourth-order valence-electron chi connectivity index (χ4n) is 3.08. The van der Waals surface area contributed by atoms with Gasteiger partial charge in [0.25, 0.3) is 11.8 Å². The largest absolute Gasteiger partial charge is 0.333 e. The predicted octanol–water partition coefficient (Wildman–Crippen LogP) is 2.34. The highest BCUT2D eigenvalue weighted by atomic mass is 32.1. The zero-order chi connectivity index (χ0) is 21.1. The maximum atomic E-state index is 12.9. The van der Waals surface area contributed by atoms with Crippen molar-refractivity contribution in [3.63, 3.8) is 0 Å². The standard InChI is InChI=1S/C20H18N6O3S/c1-12(27)23-14-4-2-13(3-5-14)19(29)26-9-6-15-17(11-26)30-20(24-15)25-18(28)16-10-21-7-8-22-16/h2-5,7-8,10H,6,9,11H2,1H3,(H,23,27)(H,24,25,28). The van der Waals surface area contributed by atoms with Crippen LogP contribution in [0, 0.1) is 0 Å². The Bertz CT molecular complexity index is 1100. The Balaban J connectivity index is 1.43. The molecule has 0 saturated carbocycles. The van der Waals surface area contributed by atoms with Crippen LogP contribution in [0.15, 0.2) is 42.9 Å². The summed E-state index contributed by atoms with van der Waals surface area (Å²) in [5.74, 6) is -0.625. The second-order valence-corrected chi connectivity index (χ2v) is 7.75. The van der Waals surface area contributed by atoms with Crippen LogP contribution >= 0.6 is 11.3 Å². The Morgan fingerprint density at radius 3 is 2.60 bits per heavy atom. The molecule has 0 aliphatic carbocycles. The number of carbonyl (C=O) groups is 3. The van der Waals surface area contributed by atoms with E-state index in [0.717, 1.165) is 10.6 Å². The summed E-state index contributed by atoms with van der Waals surface area (Å²) in [4.78, 5) is 51.2. The number of nitrogens with zero attached hydrogens (tertiary/aromatic N) is 4. The molecule has 1 aromatic carbocycles. The van der Waals surface area contributed by atoms with Gasteiger partial charge in [-0.15, -0.1) is 0 Å². The van der Waals surface area contributed by atoms with Crippen molar-refractivity contribution in [2.24, 2.45) is 0 Å². The van der Waals surface area contributed by atoms with E-state index in [2.05, 4.69) is 25.6 Å². The molecule has 0 radical (unpaired) electrons. The first-order chi connectivity index (χ1) is 14.5. The monoisotopic (exact) mass is 422 g/mol. The molecule has 0 saturated heterocycles. The van der Waals surface area contributed by atoms with E-state index in [-0.39, 0.29) is 23.4 Å². The zero-order valence-electron chi connectivity index (χ0n) is 16.1. The molecule has 9 nitrogen and oxygen atoms in total. The molecule has 0 unspecified atom stereocenters. The van der Waals surface area contributed by atoms with E-state index in [4.69, 9.17) is 0 Å². The third kappa shape index (κ3) is 4.33. The zero-order valence-corrected chi connectivity index (χ0v) is 16.9. The van der Waals surface area contributed by atoms with Crippen molar-refractivity contribution in [1.82, 2.24) is 19.9 Å². The molecule has 0 bridgehead atoms. The van der Waals surface area contributed by atoms with Crippen molar-refractivity contribution >= 4 is 39.9 Å². The minimum absolute atomic E-state index is 0.0893. The quantitative estimate of drug-likeness (QED) is 0.666. The Hall–Kier alpha value is -3.66. The number of hydrogen-bond acceptors (Lipinski definition) is 7. The highest BCUT2D eigenvalue weighted by Crippen LogP contribution is 2.29. The second kappa shape index (κ2) is 8.37. The van der Waals surface area contributed by atoms with E-state index in [1.807, 2.05) is 0 Å². The van der Waals surface area contributed by atoms with E-state index in [1.54, 1.807) is 29.2 Å². The van der Waals surface area contributed by atoms with Gasteiger partial charge in [-0.3, -0.25) is 24.7 Å². The number of benzene rings is 1. The molecule has 0 fully saturated rings. The van der Waals surface area contributed by atoms with Crippen molar-refractivity contribution in [2.45, 2.75) is 19.9 Å². The molecule has 152 valence electrons. The first-order valence-electron chi connectivity index (χ1n) is 9.22. The molecule has 3 heterocycles. The average molecular weight is 422 g/mol. The minimum atomic E-state index is -0.374. The molecule has 4 rings (SSSR count). The van der Waals surface area contributed by atoms with Crippen LogP contribution in [0.25, 0.3) is 0 Å². The molecule has 10 heteroatoms. The van der Waals surface area contributed by atoms with E-state index in [9.17, 15) is 14.4 Å². The fourth-order valence-corrected chi connectivity index (χ4v) is 4.10. The Kier molecular flexibility index (Phi) is 5.48. The smallest absolute Gasteiger partial charge is 0.277 e. The highest BCUT2D eigenvalue weighted by molar-refractivity contribution is 7.15. The Morgan fingerprint density at radius 1 is 1.10 bits per heavy atom. The third-order valence-corrected chi connectivity index (χ3v) is 5.48. The molecule has 0 spiro atoms. The number of amides is 3. The molecule has 0 atom stereocenters. The number of hydrogen-bond donors (Lipinski definition) is 2. The number of fused-ring (bicyclic) bond motifs is 1. The maximum absolute atomic E-state index is 12.9. The lowest BCUT2D eigenvalue weighted by Gasteiger charge is -2.26. The molecule has 3 amide bonds. The molecule has 2 N–H and O–H groups in total. The normalized spacial score (nSPS) is 12.8. The summed E-state index contributed by atoms with van der Waals surface area (Å²) in [6.07, 6.45) is 4.95. The van der Waals surface area contributed by atoms with Crippen molar-refractivity contribution < 1.29 is 14.4 Å². The lowest BCUT2D eigenvalue weighted by molar-refractivity contribution is -0.114. The van der Waals surface area contributed by atoms with Crippen molar-refractivity contribution in [2.75, 3.05) is 17.2 Å². The number of thiazole rings is 1. The molecule has 1 aliphatic rings. The number of aromatic nitrogens is 3. The van der Waals surface area contributed by atoms with Crippen LogP contribution in [0.2, 0.25) is 0 Å². The number of carbonyl (C=O) groups excluding carboxylic acids is 3. The van der Waals surface area contributed by atoms with Gasteiger partial charge in [-0.05, 0) is 24.3 Å². The Morgan fingerprint density at radius 2 is 1.90 bits per heavy atom. The van der Waals surface area contributed by atoms with Crippen LogP contribution in [-0.2, 0) is 17.8 Å². The topological polar surface area (TPSA) is 117 Å². The molecule has 2 aromatic heterocycles. The summed E-state index contributed by atoms with van der Waals surface area (Å²) in [7, 11) is 0. The van der Waals surface area contributed by atoms with Gasteiger partial charge in [0.15, 0.2) is 5.13 Å². The molecule has 30 heavy (non-hydrogen) atoms. The van der Waals surface area contributed by atoms with Crippen LogP contribution in [0.5, 0.6) is 0 Å². The second-order valence-electron chi connectivity index (χ2n) is 6.67. The number of nitrogens with one attached hydrogen (secondary N) is 2. The van der Waals surface area contributed by atoms with Gasteiger partial charge in [0, 0.05) is 48.4 Å². The first kappa shape index (κ1) is 19.6. The van der Waals surface area contributed by atoms with Gasteiger partial charge in [0.1, 0.15) is 5.69 Å². The SMILES string of the molecule is CC(=O)Nc1ccc(C(=O)N2CCc3nc(NC(=O)c4cnccn4)sc3C2)cc1. The summed E-state index contributed by atoms with van der Waals surface area (Å²) in [5.41, 5.74) is 2.30. The summed E-state index contributed by atoms with van der Waals surface area (Å²) >= 11 is 1.35. The van der Waals surface area contributed by atoms with E-state index in [0.29, 0.717) is 35.9 Å². The van der Waals surface area contributed by atoms with Gasteiger partial charge in [-0.1, -0.05) is 11.3 Å². The molecular weight excluding hydrogens is 404 g/mol. The fraction of sp³-hybridized carbons (Fsp3) is 0.200. The van der Waals surface area contributed by atoms with Crippen LogP contribution in [0.3, 0.4) is 0 Å². The first-order valence-corrected chi connectivity index (χ1v) is 10.0. The van der Waals surface area contributed by atoms with Crippen LogP contribution in [0.4, 0.5) is 10.8 Å². The maximum Gasteiger partial charge on any atom is 0.277 e. The van der Waals surface area contributed by atoms with Gasteiger partial charge in [-0.25, -0.2) is 9.97 Å². The van der Waals surface area contributed by atoms with E-state index < -0.39 is 0 Å². The van der Waals surface area contributed by atoms with E-state index >= 15 is 0 Å². The van der Waals surface area contributed by atoms with Gasteiger partial charge < -0.3 is 10.2 Å². The lowest BCUT2D eigenvalue weighted by atomic mass is 10.1. The van der Waals surface area contributed by atoms with Gasteiger partial charge in [0.2, 0.25) is 5.91 Å². The van der Waals surface area contributed by atoms with Crippen molar-refractivity contribution in [1.29, 1.82) is 0 Å². The van der Waals surface area contributed by atoms with Crippen molar-refractivity contribution in [3.8, 4) is 0 Å². The molecule has 3 aromatic rings. The average Bonchev–Trinajstić information content (AvgIpc) is 3.15. The Labute approximate surface area is 176 Å². The predicted molar refractivity (Wildman–Crippen MR) is 111 cm³/mol. The highest BCUT2D eigenvalue weighted by Gasteiger charge is 2.25. The number of anilines is 2. The summed E-state index contributed by atoms with van der Waals surface area (Å²) in [5, 5.41) is 5.90. The summed E-state index contributed by atoms with van der Waals surface area (Å²) in [6.45, 7) is 2.41. The number of rotatable bonds is 4. The summed E-state index contributed by atoms with van der Waals surface area (Å²) < 4.78 is 0. The van der Waals surface area contributed by atoms with Crippen LogP contribution < -0.4 is 10.6 Å². The van der Waals surface area contributed by atoms with Gasteiger partial charge in [-0.2, -0.15) is 0 Å². The third-order valence-electron chi connectivity index (χ3n) is 4.49. The lowest BCUT2D eigenvalue weighted by Crippen LogP contribution is -2.35. The minimum Gasteiger partial charge on any atom is -0.333 e. The van der Waals surface area contributed by atoms with Gasteiger partial charge >= 0.3 is 0 Å². The molecule has 1 aliphatic heterocycles.